The van der Waals surface area contributed by atoms with Crippen molar-refractivity contribution in [2.24, 2.45) is 22.7 Å². The maximum atomic E-state index is 6.83. The molecule has 0 bridgehead atoms. The Morgan fingerprint density at radius 3 is 1.17 bits per heavy atom. The molecule has 0 heterocycles. The van der Waals surface area contributed by atoms with Crippen molar-refractivity contribution in [3.63, 3.8) is 0 Å². The highest BCUT2D eigenvalue weighted by molar-refractivity contribution is 6.54. The van der Waals surface area contributed by atoms with Crippen LogP contribution in [0.25, 0.3) is 0 Å². The van der Waals surface area contributed by atoms with Crippen LogP contribution in [-0.4, -0.2) is 8.67 Å². The SMILES string of the molecule is CC=C1/C(=C/C)[C@@]2(C(=CC)[C@]3(/C1=C/C)[C@@H](C)C3(Cl)Cl)[C@H](C)C2(Cl)Cl. The molecule has 2 spiro atoms. The molecule has 4 heteroatoms. The molecule has 0 aromatic carbocycles. The van der Waals surface area contributed by atoms with Crippen LogP contribution >= 0.6 is 46.4 Å². The molecular formula is C20H24Cl4. The lowest BCUT2D eigenvalue weighted by atomic mass is 9.62. The van der Waals surface area contributed by atoms with Gasteiger partial charge in [0.1, 0.15) is 8.67 Å². The van der Waals surface area contributed by atoms with Gasteiger partial charge in [0.2, 0.25) is 0 Å². The van der Waals surface area contributed by atoms with E-state index >= 15 is 0 Å². The van der Waals surface area contributed by atoms with Crippen molar-refractivity contribution < 1.29 is 0 Å². The first-order valence-electron chi connectivity index (χ1n) is 8.53. The molecule has 3 aliphatic carbocycles. The van der Waals surface area contributed by atoms with Crippen LogP contribution in [0.1, 0.15) is 41.5 Å². The van der Waals surface area contributed by atoms with Gasteiger partial charge in [0.05, 0.1) is 10.8 Å². The molecule has 3 fully saturated rings. The molecule has 0 saturated heterocycles. The number of allylic oxidation sites excluding steroid dienone is 8. The lowest BCUT2D eigenvalue weighted by Crippen LogP contribution is -2.35. The normalized spacial score (nSPS) is 48.9. The van der Waals surface area contributed by atoms with E-state index < -0.39 is 19.5 Å². The Morgan fingerprint density at radius 1 is 0.667 bits per heavy atom. The average molecular weight is 406 g/mol. The standard InChI is InChI=1S/C20H24Cl4/c1-7-13-14(8-2)17(11(5)19(17,21)22)16(10-4)18(15(13)9-3)12(6)20(18,23)24/h7-12H,1-6H3/b13-7?,14-8-,15-9+,16-10?/t11-,12+,17+,18+/m0/s1. The number of rotatable bonds is 0. The van der Waals surface area contributed by atoms with Gasteiger partial charge in [-0.25, -0.2) is 0 Å². The second kappa shape index (κ2) is 5.32. The quantitative estimate of drug-likeness (QED) is 0.290. The van der Waals surface area contributed by atoms with E-state index in [2.05, 4.69) is 58.9 Å². The van der Waals surface area contributed by atoms with E-state index in [1.165, 1.54) is 22.3 Å². The van der Waals surface area contributed by atoms with Crippen molar-refractivity contribution in [2.75, 3.05) is 0 Å². The largest absolute Gasteiger partial charge is 0.135 e. The van der Waals surface area contributed by atoms with E-state index in [-0.39, 0.29) is 11.8 Å². The first kappa shape index (κ1) is 18.9. The second-order valence-electron chi connectivity index (χ2n) is 7.11. The molecule has 0 N–H and O–H groups in total. The van der Waals surface area contributed by atoms with E-state index in [4.69, 9.17) is 46.4 Å². The number of hydrogen-bond donors (Lipinski definition) is 0. The third-order valence-electron chi connectivity index (χ3n) is 6.71. The van der Waals surface area contributed by atoms with Gasteiger partial charge in [-0.1, -0.05) is 84.6 Å². The fraction of sp³-hybridized carbons (Fsp3) is 0.600. The Hall–Kier alpha value is 0.120. The Bertz CT molecular complexity index is 668. The maximum absolute atomic E-state index is 6.83. The van der Waals surface area contributed by atoms with Gasteiger partial charge < -0.3 is 0 Å². The van der Waals surface area contributed by atoms with Crippen LogP contribution < -0.4 is 0 Å². The van der Waals surface area contributed by atoms with Gasteiger partial charge in [0.25, 0.3) is 0 Å². The van der Waals surface area contributed by atoms with Crippen LogP contribution in [-0.2, 0) is 0 Å². The Labute approximate surface area is 165 Å². The second-order valence-corrected chi connectivity index (χ2v) is 9.89. The Morgan fingerprint density at radius 2 is 1.00 bits per heavy atom. The smallest absolute Gasteiger partial charge is 0.0999 e. The van der Waals surface area contributed by atoms with Gasteiger partial charge in [-0.3, -0.25) is 0 Å². The molecule has 0 aliphatic heterocycles. The van der Waals surface area contributed by atoms with E-state index in [9.17, 15) is 0 Å². The summed E-state index contributed by atoms with van der Waals surface area (Å²) in [7, 11) is 0. The monoisotopic (exact) mass is 404 g/mol. The fourth-order valence-electron chi connectivity index (χ4n) is 5.50. The third-order valence-corrected chi connectivity index (χ3v) is 9.21. The lowest BCUT2D eigenvalue weighted by Gasteiger charge is -2.42. The first-order chi connectivity index (χ1) is 11.1. The molecule has 0 amide bonds. The van der Waals surface area contributed by atoms with Gasteiger partial charge in [0.15, 0.2) is 0 Å². The Kier molecular flexibility index (Phi) is 4.19. The third kappa shape index (κ3) is 1.62. The minimum atomic E-state index is -0.844. The summed E-state index contributed by atoms with van der Waals surface area (Å²) in [6.45, 7) is 12.4. The van der Waals surface area contributed by atoms with Crippen molar-refractivity contribution in [1.82, 2.24) is 0 Å². The summed E-state index contributed by atoms with van der Waals surface area (Å²) >= 11 is 27.3. The van der Waals surface area contributed by atoms with Gasteiger partial charge in [-0.05, 0) is 50.0 Å². The highest BCUT2D eigenvalue weighted by Gasteiger charge is 2.88. The van der Waals surface area contributed by atoms with Crippen LogP contribution in [0.5, 0.6) is 0 Å². The predicted molar refractivity (Wildman–Crippen MR) is 107 cm³/mol. The molecule has 3 aliphatic rings. The van der Waals surface area contributed by atoms with Gasteiger partial charge in [0, 0.05) is 11.8 Å². The van der Waals surface area contributed by atoms with Gasteiger partial charge in [-0.15, -0.1) is 0 Å². The topological polar surface area (TPSA) is 0 Å². The number of halogens is 4. The van der Waals surface area contributed by atoms with Crippen LogP contribution in [0.2, 0.25) is 0 Å². The van der Waals surface area contributed by atoms with E-state index in [0.29, 0.717) is 0 Å². The van der Waals surface area contributed by atoms with Crippen LogP contribution in [0.15, 0.2) is 46.6 Å². The Balaban J connectivity index is 2.41. The van der Waals surface area contributed by atoms with E-state index in [0.717, 1.165) is 0 Å². The highest BCUT2D eigenvalue weighted by atomic mass is 35.5. The van der Waals surface area contributed by atoms with Crippen LogP contribution in [0.4, 0.5) is 0 Å². The van der Waals surface area contributed by atoms with Gasteiger partial charge in [-0.2, -0.15) is 0 Å². The maximum Gasteiger partial charge on any atom is 0.135 e. The molecule has 0 aromatic heterocycles. The van der Waals surface area contributed by atoms with E-state index in [1.54, 1.807) is 0 Å². The zero-order valence-corrected chi connectivity index (χ0v) is 18.0. The molecule has 0 radical (unpaired) electrons. The molecule has 0 aromatic rings. The summed E-state index contributed by atoms with van der Waals surface area (Å²) < 4.78 is -1.69. The molecule has 0 nitrogen and oxygen atoms in total. The summed E-state index contributed by atoms with van der Waals surface area (Å²) in [5.41, 5.74) is 3.89. The van der Waals surface area contributed by atoms with Crippen molar-refractivity contribution in [3.8, 4) is 0 Å². The van der Waals surface area contributed by atoms with Crippen LogP contribution in [0, 0.1) is 22.7 Å². The molecule has 24 heavy (non-hydrogen) atoms. The predicted octanol–water partition coefficient (Wildman–Crippen LogP) is 7.41. The summed E-state index contributed by atoms with van der Waals surface area (Å²) in [4.78, 5) is 0. The number of hydrogen-bond acceptors (Lipinski definition) is 0. The molecule has 0 unspecified atom stereocenters. The molecule has 4 atom stereocenters. The van der Waals surface area contributed by atoms with E-state index in [1.807, 2.05) is 6.92 Å². The fourth-order valence-corrected chi connectivity index (χ4v) is 7.41. The lowest BCUT2D eigenvalue weighted by molar-refractivity contribution is 0.486. The zero-order valence-electron chi connectivity index (χ0n) is 15.0. The molecule has 3 saturated carbocycles. The highest BCUT2D eigenvalue weighted by Crippen LogP contribution is 2.89. The summed E-state index contributed by atoms with van der Waals surface area (Å²) in [5, 5.41) is 0. The number of alkyl halides is 4. The zero-order chi connectivity index (χ0) is 18.3. The van der Waals surface area contributed by atoms with Crippen LogP contribution in [0.3, 0.4) is 0 Å². The van der Waals surface area contributed by atoms with Crippen molar-refractivity contribution >= 4 is 46.4 Å². The van der Waals surface area contributed by atoms with Gasteiger partial charge >= 0.3 is 0 Å². The molecular weight excluding hydrogens is 382 g/mol. The van der Waals surface area contributed by atoms with Crippen molar-refractivity contribution in [3.05, 3.63) is 46.6 Å². The molecule has 132 valence electrons. The minimum absolute atomic E-state index is 0.105. The van der Waals surface area contributed by atoms with Crippen molar-refractivity contribution in [1.29, 1.82) is 0 Å². The first-order valence-corrected chi connectivity index (χ1v) is 10.0. The summed E-state index contributed by atoms with van der Waals surface area (Å²) in [6.07, 6.45) is 8.58. The van der Waals surface area contributed by atoms with Crippen molar-refractivity contribution in [2.45, 2.75) is 50.2 Å². The summed E-state index contributed by atoms with van der Waals surface area (Å²) in [5.74, 6) is 0.209. The molecule has 3 rings (SSSR count). The summed E-state index contributed by atoms with van der Waals surface area (Å²) in [6, 6.07) is 0. The minimum Gasteiger partial charge on any atom is -0.0999 e. The average Bonchev–Trinajstić information content (AvgIpc) is 3.17.